The lowest BCUT2D eigenvalue weighted by molar-refractivity contribution is -0.133. The molecule has 0 aliphatic carbocycles. The second-order valence-electron chi connectivity index (χ2n) is 5.42. The van der Waals surface area contributed by atoms with Crippen LogP contribution in [0, 0.1) is 0 Å². The summed E-state index contributed by atoms with van der Waals surface area (Å²) in [5, 5.41) is 0. The number of carbonyl (C=O) groups is 2. The van der Waals surface area contributed by atoms with Crippen LogP contribution in [0.25, 0.3) is 0 Å². The third-order valence-corrected chi connectivity index (χ3v) is 4.24. The Hall–Kier alpha value is -2.14. The van der Waals surface area contributed by atoms with E-state index in [0.717, 1.165) is 28.7 Å². The first kappa shape index (κ1) is 15.7. The Labute approximate surface area is 143 Å². The van der Waals surface area contributed by atoms with Crippen LogP contribution >= 0.6 is 15.9 Å². The van der Waals surface area contributed by atoms with Gasteiger partial charge in [-0.2, -0.15) is 0 Å². The zero-order valence-corrected chi connectivity index (χ0v) is 14.1. The van der Waals surface area contributed by atoms with Gasteiger partial charge in [-0.1, -0.05) is 28.1 Å². The molecule has 0 bridgehead atoms. The summed E-state index contributed by atoms with van der Waals surface area (Å²) in [6.07, 6.45) is 1.71. The van der Waals surface area contributed by atoms with Crippen LogP contribution in [0.4, 0.5) is 5.69 Å². The Morgan fingerprint density at radius 1 is 1.09 bits per heavy atom. The molecule has 5 heteroatoms. The average Bonchev–Trinajstić information content (AvgIpc) is 2.96. The van der Waals surface area contributed by atoms with Gasteiger partial charge in [0.15, 0.2) is 0 Å². The number of benzene rings is 2. The van der Waals surface area contributed by atoms with Gasteiger partial charge >= 0.3 is 5.97 Å². The maximum atomic E-state index is 12.0. The highest BCUT2D eigenvalue weighted by atomic mass is 79.9. The molecule has 0 aromatic heterocycles. The maximum Gasteiger partial charge on any atom is 0.315 e. The summed E-state index contributed by atoms with van der Waals surface area (Å²) in [5.41, 5.74) is 1.75. The highest BCUT2D eigenvalue weighted by molar-refractivity contribution is 9.10. The molecule has 0 unspecified atom stereocenters. The number of amides is 1. The van der Waals surface area contributed by atoms with Crippen LogP contribution in [0.5, 0.6) is 5.75 Å². The molecule has 23 heavy (non-hydrogen) atoms. The van der Waals surface area contributed by atoms with E-state index in [9.17, 15) is 9.59 Å². The Bertz CT molecular complexity index is 710. The van der Waals surface area contributed by atoms with Crippen molar-refractivity contribution >= 4 is 33.5 Å². The van der Waals surface area contributed by atoms with Crippen LogP contribution in [0.3, 0.4) is 0 Å². The van der Waals surface area contributed by atoms with E-state index in [0.29, 0.717) is 12.2 Å². The van der Waals surface area contributed by atoms with Crippen LogP contribution in [-0.4, -0.2) is 18.4 Å². The summed E-state index contributed by atoms with van der Waals surface area (Å²) >= 11 is 3.36. The Morgan fingerprint density at radius 2 is 1.78 bits per heavy atom. The predicted molar refractivity (Wildman–Crippen MR) is 91.5 cm³/mol. The van der Waals surface area contributed by atoms with Crippen LogP contribution in [-0.2, 0) is 16.0 Å². The maximum absolute atomic E-state index is 12.0. The lowest BCUT2D eigenvalue weighted by atomic mass is 10.1. The first-order chi connectivity index (χ1) is 11.1. The Kier molecular flexibility index (Phi) is 4.76. The van der Waals surface area contributed by atoms with Crippen LogP contribution in [0.1, 0.15) is 18.4 Å². The molecule has 1 heterocycles. The first-order valence-electron chi connectivity index (χ1n) is 7.47. The molecule has 3 rings (SSSR count). The third-order valence-electron chi connectivity index (χ3n) is 3.72. The van der Waals surface area contributed by atoms with Crippen LogP contribution in [0.15, 0.2) is 53.0 Å². The average molecular weight is 374 g/mol. The Morgan fingerprint density at radius 3 is 2.39 bits per heavy atom. The smallest absolute Gasteiger partial charge is 0.315 e. The zero-order valence-electron chi connectivity index (χ0n) is 12.5. The second-order valence-corrected chi connectivity index (χ2v) is 6.34. The molecule has 1 aliphatic heterocycles. The van der Waals surface area contributed by atoms with E-state index < -0.39 is 0 Å². The van der Waals surface area contributed by atoms with Gasteiger partial charge in [0.25, 0.3) is 0 Å². The van der Waals surface area contributed by atoms with Gasteiger partial charge in [0, 0.05) is 23.1 Å². The summed E-state index contributed by atoms with van der Waals surface area (Å²) < 4.78 is 6.31. The van der Waals surface area contributed by atoms with E-state index in [1.807, 2.05) is 36.4 Å². The van der Waals surface area contributed by atoms with E-state index >= 15 is 0 Å². The number of rotatable bonds is 4. The van der Waals surface area contributed by atoms with E-state index in [2.05, 4.69) is 15.9 Å². The molecule has 0 spiro atoms. The molecule has 1 amide bonds. The Balaban J connectivity index is 1.60. The van der Waals surface area contributed by atoms with E-state index in [-0.39, 0.29) is 18.3 Å². The van der Waals surface area contributed by atoms with Gasteiger partial charge in [-0.25, -0.2) is 0 Å². The number of nitrogens with zero attached hydrogens (tertiary/aromatic N) is 1. The fourth-order valence-corrected chi connectivity index (χ4v) is 2.82. The monoisotopic (exact) mass is 373 g/mol. The molecule has 118 valence electrons. The summed E-state index contributed by atoms with van der Waals surface area (Å²) in [6.45, 7) is 0.752. The number of anilines is 1. The lowest BCUT2D eigenvalue weighted by Crippen LogP contribution is -2.23. The normalized spacial score (nSPS) is 14.1. The van der Waals surface area contributed by atoms with Crippen molar-refractivity contribution in [2.75, 3.05) is 11.4 Å². The molecular weight excluding hydrogens is 358 g/mol. The fourth-order valence-electron chi connectivity index (χ4n) is 2.55. The molecule has 2 aromatic carbocycles. The minimum atomic E-state index is -0.308. The van der Waals surface area contributed by atoms with Gasteiger partial charge in [0.2, 0.25) is 5.91 Å². The van der Waals surface area contributed by atoms with Gasteiger partial charge in [-0.05, 0) is 48.4 Å². The molecule has 1 saturated heterocycles. The largest absolute Gasteiger partial charge is 0.426 e. The molecule has 1 fully saturated rings. The molecule has 4 nitrogen and oxygen atoms in total. The molecule has 0 atom stereocenters. The van der Waals surface area contributed by atoms with E-state index in [4.69, 9.17) is 4.74 Å². The number of esters is 1. The predicted octanol–water partition coefficient (Wildman–Crippen LogP) is 3.72. The summed E-state index contributed by atoms with van der Waals surface area (Å²) in [5.74, 6) is 0.324. The van der Waals surface area contributed by atoms with E-state index in [1.165, 1.54) is 0 Å². The zero-order chi connectivity index (χ0) is 16.2. The molecule has 0 N–H and O–H groups in total. The number of halogens is 1. The van der Waals surface area contributed by atoms with Crippen molar-refractivity contribution in [1.29, 1.82) is 0 Å². The first-order valence-corrected chi connectivity index (χ1v) is 8.27. The molecule has 0 radical (unpaired) electrons. The third kappa shape index (κ3) is 3.99. The quantitative estimate of drug-likeness (QED) is 0.605. The number of ether oxygens (including phenoxy) is 1. The standard InChI is InChI=1S/C18H16BrNO3/c19-14-5-3-13(4-6-14)12-18(22)23-16-9-7-15(8-10-16)20-11-1-2-17(20)21/h3-10H,1-2,11-12H2. The van der Waals surface area contributed by atoms with Crippen molar-refractivity contribution in [1.82, 2.24) is 0 Å². The van der Waals surface area contributed by atoms with Gasteiger partial charge < -0.3 is 9.64 Å². The minimum Gasteiger partial charge on any atom is -0.426 e. The van der Waals surface area contributed by atoms with Crippen molar-refractivity contribution in [3.05, 3.63) is 58.6 Å². The van der Waals surface area contributed by atoms with Crippen LogP contribution < -0.4 is 9.64 Å². The summed E-state index contributed by atoms with van der Waals surface area (Å²) in [7, 11) is 0. The van der Waals surface area contributed by atoms with Gasteiger partial charge in [-0.3, -0.25) is 9.59 Å². The van der Waals surface area contributed by atoms with Crippen molar-refractivity contribution in [3.8, 4) is 5.75 Å². The SMILES string of the molecule is O=C(Cc1ccc(Br)cc1)Oc1ccc(N2CCCC2=O)cc1. The molecule has 2 aromatic rings. The number of carbonyl (C=O) groups excluding carboxylic acids is 2. The van der Waals surface area contributed by atoms with Gasteiger partial charge in [-0.15, -0.1) is 0 Å². The van der Waals surface area contributed by atoms with Crippen molar-refractivity contribution in [2.45, 2.75) is 19.3 Å². The summed E-state index contributed by atoms with van der Waals surface area (Å²) in [4.78, 5) is 25.4. The van der Waals surface area contributed by atoms with Crippen molar-refractivity contribution < 1.29 is 14.3 Å². The number of hydrogen-bond acceptors (Lipinski definition) is 3. The van der Waals surface area contributed by atoms with Gasteiger partial charge in [0.05, 0.1) is 6.42 Å². The van der Waals surface area contributed by atoms with Crippen molar-refractivity contribution in [2.24, 2.45) is 0 Å². The summed E-state index contributed by atoms with van der Waals surface area (Å²) in [6, 6.07) is 14.6. The topological polar surface area (TPSA) is 46.6 Å². The van der Waals surface area contributed by atoms with Crippen LogP contribution in [0.2, 0.25) is 0 Å². The van der Waals surface area contributed by atoms with E-state index in [1.54, 1.807) is 17.0 Å². The molecule has 1 aliphatic rings. The molecule has 0 saturated carbocycles. The highest BCUT2D eigenvalue weighted by Gasteiger charge is 2.21. The highest BCUT2D eigenvalue weighted by Crippen LogP contribution is 2.24. The molecular formula is C18H16BrNO3. The second kappa shape index (κ2) is 6.96. The van der Waals surface area contributed by atoms with Crippen molar-refractivity contribution in [3.63, 3.8) is 0 Å². The van der Waals surface area contributed by atoms with Gasteiger partial charge in [0.1, 0.15) is 5.75 Å². The fraction of sp³-hybridized carbons (Fsp3) is 0.222. The number of hydrogen-bond donors (Lipinski definition) is 0. The minimum absolute atomic E-state index is 0.144. The lowest BCUT2D eigenvalue weighted by Gasteiger charge is -2.15.